The third-order valence-electron chi connectivity index (χ3n) is 3.05. The highest BCUT2D eigenvalue weighted by molar-refractivity contribution is 5.42. The van der Waals surface area contributed by atoms with Crippen molar-refractivity contribution in [1.29, 1.82) is 0 Å². The van der Waals surface area contributed by atoms with Crippen molar-refractivity contribution in [2.45, 2.75) is 12.5 Å². The molecule has 0 aliphatic carbocycles. The number of nitrogens with one attached hydrogen (secondary N) is 1. The standard InChI is InChI=1S/C12H22N6O3/c1-20-8-9(19)2-3-14-11-15-10(13)16-12(17-11)18-4-6-21-7-5-18/h9,19H,2-8H2,1H3,(H3,13,14,15,16,17). The highest BCUT2D eigenvalue weighted by atomic mass is 16.5. The quantitative estimate of drug-likeness (QED) is 0.588. The number of rotatable bonds is 7. The summed E-state index contributed by atoms with van der Waals surface area (Å²) >= 11 is 0. The minimum absolute atomic E-state index is 0.173. The molecule has 4 N–H and O–H groups in total. The van der Waals surface area contributed by atoms with Crippen molar-refractivity contribution >= 4 is 17.8 Å². The summed E-state index contributed by atoms with van der Waals surface area (Å²) < 4.78 is 10.2. The number of aliphatic hydroxyl groups excluding tert-OH is 1. The van der Waals surface area contributed by atoms with Gasteiger partial charge in [0.1, 0.15) is 0 Å². The van der Waals surface area contributed by atoms with E-state index in [2.05, 4.69) is 20.3 Å². The fraction of sp³-hybridized carbons (Fsp3) is 0.750. The Labute approximate surface area is 123 Å². The molecule has 0 spiro atoms. The first-order valence-electron chi connectivity index (χ1n) is 6.94. The summed E-state index contributed by atoms with van der Waals surface area (Å²) in [5.74, 6) is 1.13. The van der Waals surface area contributed by atoms with Gasteiger partial charge in [-0.3, -0.25) is 0 Å². The molecule has 9 nitrogen and oxygen atoms in total. The topological polar surface area (TPSA) is 119 Å². The molecule has 0 bridgehead atoms. The number of ether oxygens (including phenoxy) is 2. The van der Waals surface area contributed by atoms with Gasteiger partial charge in [-0.2, -0.15) is 15.0 Å². The average molecular weight is 298 g/mol. The van der Waals surface area contributed by atoms with Gasteiger partial charge in [-0.15, -0.1) is 0 Å². The lowest BCUT2D eigenvalue weighted by Gasteiger charge is -2.26. The van der Waals surface area contributed by atoms with Gasteiger partial charge in [-0.05, 0) is 6.42 Å². The van der Waals surface area contributed by atoms with Crippen molar-refractivity contribution in [1.82, 2.24) is 15.0 Å². The van der Waals surface area contributed by atoms with Gasteiger partial charge < -0.3 is 30.5 Å². The van der Waals surface area contributed by atoms with Gasteiger partial charge in [0.25, 0.3) is 0 Å². The molecule has 0 radical (unpaired) electrons. The van der Waals surface area contributed by atoms with Gasteiger partial charge in [-0.25, -0.2) is 0 Å². The van der Waals surface area contributed by atoms with Crippen LogP contribution in [-0.2, 0) is 9.47 Å². The van der Waals surface area contributed by atoms with Gasteiger partial charge >= 0.3 is 0 Å². The van der Waals surface area contributed by atoms with Gasteiger partial charge in [0, 0.05) is 26.7 Å². The Morgan fingerprint density at radius 1 is 1.38 bits per heavy atom. The molecule has 1 aromatic heterocycles. The minimum atomic E-state index is -0.514. The van der Waals surface area contributed by atoms with E-state index in [-0.39, 0.29) is 5.95 Å². The average Bonchev–Trinajstić information content (AvgIpc) is 2.48. The second kappa shape index (κ2) is 7.91. The van der Waals surface area contributed by atoms with Crippen molar-refractivity contribution < 1.29 is 14.6 Å². The molecule has 1 aliphatic heterocycles. The molecule has 0 saturated carbocycles. The van der Waals surface area contributed by atoms with Gasteiger partial charge in [0.15, 0.2) is 0 Å². The fourth-order valence-corrected chi connectivity index (χ4v) is 1.99. The molecule has 1 fully saturated rings. The molecule has 1 aromatic rings. The molecule has 118 valence electrons. The van der Waals surface area contributed by atoms with Gasteiger partial charge in [0.05, 0.1) is 25.9 Å². The van der Waals surface area contributed by atoms with Crippen LogP contribution in [-0.4, -0.2) is 72.7 Å². The molecule has 2 rings (SSSR count). The Hall–Kier alpha value is -1.71. The summed E-state index contributed by atoms with van der Waals surface area (Å²) in [6.45, 7) is 3.59. The zero-order valence-electron chi connectivity index (χ0n) is 12.2. The van der Waals surface area contributed by atoms with Crippen LogP contribution in [0.2, 0.25) is 0 Å². The van der Waals surface area contributed by atoms with Crippen molar-refractivity contribution in [2.24, 2.45) is 0 Å². The second-order valence-corrected chi connectivity index (χ2v) is 4.74. The first-order valence-corrected chi connectivity index (χ1v) is 6.94. The van der Waals surface area contributed by atoms with E-state index in [9.17, 15) is 5.11 Å². The van der Waals surface area contributed by atoms with E-state index in [4.69, 9.17) is 15.2 Å². The summed E-state index contributed by atoms with van der Waals surface area (Å²) in [5, 5.41) is 12.6. The molecule has 1 aliphatic rings. The van der Waals surface area contributed by atoms with Crippen molar-refractivity contribution in [3.63, 3.8) is 0 Å². The first kappa shape index (κ1) is 15.7. The fourth-order valence-electron chi connectivity index (χ4n) is 1.99. The summed E-state index contributed by atoms with van der Waals surface area (Å²) in [5.41, 5.74) is 5.72. The molecule has 9 heteroatoms. The molecular weight excluding hydrogens is 276 g/mol. The van der Waals surface area contributed by atoms with Crippen LogP contribution in [0.3, 0.4) is 0 Å². The van der Waals surface area contributed by atoms with Crippen LogP contribution in [0.15, 0.2) is 0 Å². The molecule has 1 unspecified atom stereocenters. The largest absolute Gasteiger partial charge is 0.391 e. The molecule has 1 atom stereocenters. The number of nitrogens with two attached hydrogens (primary N) is 1. The Morgan fingerprint density at radius 2 is 2.14 bits per heavy atom. The lowest BCUT2D eigenvalue weighted by atomic mass is 10.3. The van der Waals surface area contributed by atoms with E-state index in [0.29, 0.717) is 44.7 Å². The minimum Gasteiger partial charge on any atom is -0.391 e. The summed E-state index contributed by atoms with van der Waals surface area (Å²) in [4.78, 5) is 14.5. The third-order valence-corrected chi connectivity index (χ3v) is 3.05. The molecule has 2 heterocycles. The Balaban J connectivity index is 1.91. The summed E-state index contributed by atoms with van der Waals surface area (Å²) in [6.07, 6.45) is 0.0205. The maximum Gasteiger partial charge on any atom is 0.232 e. The van der Waals surface area contributed by atoms with Crippen molar-refractivity contribution in [3.05, 3.63) is 0 Å². The second-order valence-electron chi connectivity index (χ2n) is 4.74. The summed E-state index contributed by atoms with van der Waals surface area (Å²) in [6, 6.07) is 0. The number of aliphatic hydroxyl groups is 1. The van der Waals surface area contributed by atoms with E-state index < -0.39 is 6.10 Å². The van der Waals surface area contributed by atoms with Crippen LogP contribution < -0.4 is 16.0 Å². The number of aromatic nitrogens is 3. The highest BCUT2D eigenvalue weighted by Gasteiger charge is 2.15. The molecule has 0 amide bonds. The van der Waals surface area contributed by atoms with Gasteiger partial charge in [0.2, 0.25) is 17.8 Å². The van der Waals surface area contributed by atoms with E-state index in [1.807, 2.05) is 4.90 Å². The lowest BCUT2D eigenvalue weighted by molar-refractivity contribution is 0.0615. The third kappa shape index (κ3) is 4.96. The monoisotopic (exact) mass is 298 g/mol. The number of hydrogen-bond donors (Lipinski definition) is 3. The van der Waals surface area contributed by atoms with Crippen LogP contribution >= 0.6 is 0 Å². The highest BCUT2D eigenvalue weighted by Crippen LogP contribution is 2.13. The van der Waals surface area contributed by atoms with Crippen LogP contribution in [0.25, 0.3) is 0 Å². The van der Waals surface area contributed by atoms with E-state index in [1.165, 1.54) is 0 Å². The molecular formula is C12H22N6O3. The van der Waals surface area contributed by atoms with E-state index in [0.717, 1.165) is 13.1 Å². The molecule has 21 heavy (non-hydrogen) atoms. The van der Waals surface area contributed by atoms with Crippen molar-refractivity contribution in [2.75, 3.05) is 62.5 Å². The number of methoxy groups -OCH3 is 1. The number of hydrogen-bond acceptors (Lipinski definition) is 9. The maximum absolute atomic E-state index is 9.58. The lowest BCUT2D eigenvalue weighted by Crippen LogP contribution is -2.37. The number of anilines is 3. The predicted octanol–water partition coefficient (Wildman–Crippen LogP) is -0.900. The van der Waals surface area contributed by atoms with Crippen LogP contribution in [0, 0.1) is 0 Å². The van der Waals surface area contributed by atoms with Crippen LogP contribution in [0.1, 0.15) is 6.42 Å². The first-order chi connectivity index (χ1) is 10.2. The van der Waals surface area contributed by atoms with Crippen molar-refractivity contribution in [3.8, 4) is 0 Å². The Kier molecular flexibility index (Phi) is 5.90. The Morgan fingerprint density at radius 3 is 2.86 bits per heavy atom. The normalized spacial score (nSPS) is 16.8. The number of nitrogen functional groups attached to an aromatic ring is 1. The van der Waals surface area contributed by atoms with Crippen LogP contribution in [0.5, 0.6) is 0 Å². The molecule has 0 aromatic carbocycles. The predicted molar refractivity (Wildman–Crippen MR) is 78.3 cm³/mol. The maximum atomic E-state index is 9.58. The number of morpholine rings is 1. The Bertz CT molecular complexity index is 441. The van der Waals surface area contributed by atoms with E-state index in [1.54, 1.807) is 7.11 Å². The van der Waals surface area contributed by atoms with Gasteiger partial charge in [-0.1, -0.05) is 0 Å². The van der Waals surface area contributed by atoms with E-state index >= 15 is 0 Å². The SMILES string of the molecule is COCC(O)CCNc1nc(N)nc(N2CCOCC2)n1. The summed E-state index contributed by atoms with van der Waals surface area (Å²) in [7, 11) is 1.55. The molecule has 1 saturated heterocycles. The zero-order valence-corrected chi connectivity index (χ0v) is 12.2. The van der Waals surface area contributed by atoms with Crippen LogP contribution in [0.4, 0.5) is 17.8 Å². The smallest absolute Gasteiger partial charge is 0.232 e. The number of nitrogens with zero attached hydrogens (tertiary/aromatic N) is 4. The zero-order chi connectivity index (χ0) is 15.1.